The third kappa shape index (κ3) is 2.16. The van der Waals surface area contributed by atoms with Gasteiger partial charge in [0, 0.05) is 0 Å². The monoisotopic (exact) mass is 298 g/mol. The van der Waals surface area contributed by atoms with Crippen molar-refractivity contribution in [3.63, 3.8) is 0 Å². The van der Waals surface area contributed by atoms with Crippen LogP contribution in [-0.4, -0.2) is 19.3 Å². The van der Waals surface area contributed by atoms with Crippen molar-refractivity contribution >= 4 is 11.0 Å². The number of phenolic OH excluding ortho intramolecular Hbond substituents is 1. The van der Waals surface area contributed by atoms with Gasteiger partial charge in [0.15, 0.2) is 11.3 Å². The molecule has 112 valence electrons. The highest BCUT2D eigenvalue weighted by Crippen LogP contribution is 2.35. The van der Waals surface area contributed by atoms with Gasteiger partial charge in [0.25, 0.3) is 0 Å². The molecule has 0 spiro atoms. The van der Waals surface area contributed by atoms with E-state index in [9.17, 15) is 9.90 Å². The summed E-state index contributed by atoms with van der Waals surface area (Å²) in [5.74, 6) is 1.02. The first-order chi connectivity index (χ1) is 10.7. The van der Waals surface area contributed by atoms with Crippen LogP contribution in [0.3, 0.4) is 0 Å². The zero-order valence-electron chi connectivity index (χ0n) is 12.1. The van der Waals surface area contributed by atoms with Crippen LogP contribution in [0, 0.1) is 0 Å². The summed E-state index contributed by atoms with van der Waals surface area (Å²) in [6.07, 6.45) is 1.39. The number of hydrogen-bond donors (Lipinski definition) is 1. The maximum absolute atomic E-state index is 12.7. The van der Waals surface area contributed by atoms with E-state index in [2.05, 4.69) is 0 Å². The summed E-state index contributed by atoms with van der Waals surface area (Å²) in [6, 6.07) is 9.68. The maximum Gasteiger partial charge on any atom is 0.204 e. The molecule has 22 heavy (non-hydrogen) atoms. The molecule has 0 radical (unpaired) electrons. The molecule has 0 aliphatic heterocycles. The molecule has 0 aliphatic carbocycles. The number of phenols is 1. The first-order valence-electron chi connectivity index (χ1n) is 6.61. The van der Waals surface area contributed by atoms with Crippen LogP contribution in [-0.2, 0) is 0 Å². The van der Waals surface area contributed by atoms with E-state index in [0.29, 0.717) is 33.6 Å². The molecule has 1 N–H and O–H groups in total. The van der Waals surface area contributed by atoms with E-state index in [-0.39, 0.29) is 11.2 Å². The van der Waals surface area contributed by atoms with Crippen LogP contribution in [0.15, 0.2) is 51.9 Å². The zero-order valence-corrected chi connectivity index (χ0v) is 12.1. The van der Waals surface area contributed by atoms with Gasteiger partial charge in [0.05, 0.1) is 25.2 Å². The van der Waals surface area contributed by atoms with E-state index in [4.69, 9.17) is 13.9 Å². The van der Waals surface area contributed by atoms with Gasteiger partial charge in [-0.1, -0.05) is 12.1 Å². The predicted octanol–water partition coefficient (Wildman–Crippen LogP) is 3.18. The molecule has 0 saturated heterocycles. The molecule has 1 heterocycles. The fourth-order valence-electron chi connectivity index (χ4n) is 2.35. The normalized spacial score (nSPS) is 10.6. The van der Waals surface area contributed by atoms with Crippen molar-refractivity contribution in [2.45, 2.75) is 0 Å². The molecule has 0 bridgehead atoms. The first-order valence-corrected chi connectivity index (χ1v) is 6.61. The van der Waals surface area contributed by atoms with E-state index < -0.39 is 0 Å². The summed E-state index contributed by atoms with van der Waals surface area (Å²) in [5.41, 5.74) is 1.25. The summed E-state index contributed by atoms with van der Waals surface area (Å²) >= 11 is 0. The molecule has 0 fully saturated rings. The van der Waals surface area contributed by atoms with Crippen LogP contribution in [0.2, 0.25) is 0 Å². The Morgan fingerprint density at radius 3 is 2.36 bits per heavy atom. The van der Waals surface area contributed by atoms with Gasteiger partial charge in [0.1, 0.15) is 12.0 Å². The molecule has 5 nitrogen and oxygen atoms in total. The zero-order chi connectivity index (χ0) is 15.7. The summed E-state index contributed by atoms with van der Waals surface area (Å²) in [5, 5.41) is 9.74. The third-order valence-corrected chi connectivity index (χ3v) is 3.46. The van der Waals surface area contributed by atoms with Crippen LogP contribution in [0.25, 0.3) is 22.1 Å². The lowest BCUT2D eigenvalue weighted by Gasteiger charge is -2.10. The number of methoxy groups -OCH3 is 2. The highest BCUT2D eigenvalue weighted by molar-refractivity contribution is 5.88. The van der Waals surface area contributed by atoms with Gasteiger partial charge < -0.3 is 19.0 Å². The summed E-state index contributed by atoms with van der Waals surface area (Å²) in [7, 11) is 3.01. The van der Waals surface area contributed by atoms with Crippen LogP contribution >= 0.6 is 0 Å². The molecule has 0 atom stereocenters. The second-order valence-corrected chi connectivity index (χ2v) is 4.70. The van der Waals surface area contributed by atoms with Gasteiger partial charge in [-0.05, 0) is 29.8 Å². The molecular weight excluding hydrogens is 284 g/mol. The average molecular weight is 298 g/mol. The highest BCUT2D eigenvalue weighted by Gasteiger charge is 2.16. The van der Waals surface area contributed by atoms with Crippen molar-refractivity contribution < 1.29 is 19.0 Å². The molecule has 0 saturated carbocycles. The molecule has 1 aromatic heterocycles. The fourth-order valence-corrected chi connectivity index (χ4v) is 2.35. The Hall–Kier alpha value is -2.95. The van der Waals surface area contributed by atoms with E-state index in [1.54, 1.807) is 24.3 Å². The van der Waals surface area contributed by atoms with Crippen molar-refractivity contribution in [3.8, 4) is 28.4 Å². The first kappa shape index (κ1) is 14.0. The Morgan fingerprint density at radius 1 is 1.00 bits per heavy atom. The number of benzene rings is 2. The van der Waals surface area contributed by atoms with Crippen molar-refractivity contribution in [1.29, 1.82) is 0 Å². The maximum atomic E-state index is 12.7. The van der Waals surface area contributed by atoms with Crippen molar-refractivity contribution in [2.24, 2.45) is 0 Å². The van der Waals surface area contributed by atoms with E-state index in [0.717, 1.165) is 0 Å². The van der Waals surface area contributed by atoms with Crippen LogP contribution in [0.1, 0.15) is 0 Å². The lowest BCUT2D eigenvalue weighted by atomic mass is 10.1. The minimum absolute atomic E-state index is 0.139. The summed E-state index contributed by atoms with van der Waals surface area (Å²) < 4.78 is 16.1. The second kappa shape index (κ2) is 5.44. The summed E-state index contributed by atoms with van der Waals surface area (Å²) in [4.78, 5) is 12.7. The molecule has 0 amide bonds. The largest absolute Gasteiger partial charge is 0.508 e. The molecule has 2 aromatic carbocycles. The molecule has 3 aromatic rings. The van der Waals surface area contributed by atoms with Crippen molar-refractivity contribution in [2.75, 3.05) is 14.2 Å². The lowest BCUT2D eigenvalue weighted by molar-refractivity contribution is 0.353. The quantitative estimate of drug-likeness (QED) is 0.804. The lowest BCUT2D eigenvalue weighted by Crippen LogP contribution is -2.05. The SMILES string of the molecule is COc1ccc2c(=O)c(-c3ccc(O)cc3)coc2c1OC. The van der Waals surface area contributed by atoms with E-state index in [1.807, 2.05) is 0 Å². The molecular formula is C17H14O5. The molecule has 5 heteroatoms. The van der Waals surface area contributed by atoms with Gasteiger partial charge in [-0.2, -0.15) is 0 Å². The Kier molecular flexibility index (Phi) is 3.47. The smallest absolute Gasteiger partial charge is 0.204 e. The number of aromatic hydroxyl groups is 1. The van der Waals surface area contributed by atoms with Gasteiger partial charge >= 0.3 is 0 Å². The Bertz CT molecular complexity index is 878. The Balaban J connectivity index is 2.27. The second-order valence-electron chi connectivity index (χ2n) is 4.70. The van der Waals surface area contributed by atoms with Crippen LogP contribution in [0.5, 0.6) is 17.2 Å². The van der Waals surface area contributed by atoms with E-state index >= 15 is 0 Å². The van der Waals surface area contributed by atoms with Gasteiger partial charge in [-0.3, -0.25) is 4.79 Å². The Labute approximate surface area is 126 Å². The van der Waals surface area contributed by atoms with E-state index in [1.165, 1.54) is 32.6 Å². The predicted molar refractivity (Wildman–Crippen MR) is 82.7 cm³/mol. The standard InChI is InChI=1S/C17H14O5/c1-20-14-8-7-12-15(19)13(9-22-16(12)17(14)21-2)10-3-5-11(18)6-4-10/h3-9,18H,1-2H3. The fraction of sp³-hybridized carbons (Fsp3) is 0.118. The number of hydrogen-bond acceptors (Lipinski definition) is 5. The topological polar surface area (TPSA) is 68.9 Å². The number of ether oxygens (including phenoxy) is 2. The molecule has 0 unspecified atom stereocenters. The summed E-state index contributed by atoms with van der Waals surface area (Å²) in [6.45, 7) is 0. The van der Waals surface area contributed by atoms with Crippen LogP contribution < -0.4 is 14.9 Å². The number of rotatable bonds is 3. The minimum Gasteiger partial charge on any atom is -0.508 e. The molecule has 3 rings (SSSR count). The highest BCUT2D eigenvalue weighted by atomic mass is 16.5. The van der Waals surface area contributed by atoms with Crippen molar-refractivity contribution in [3.05, 3.63) is 52.9 Å². The van der Waals surface area contributed by atoms with Crippen LogP contribution in [0.4, 0.5) is 0 Å². The Morgan fingerprint density at radius 2 is 1.73 bits per heavy atom. The number of fused-ring (bicyclic) bond motifs is 1. The minimum atomic E-state index is -0.173. The average Bonchev–Trinajstić information content (AvgIpc) is 2.55. The van der Waals surface area contributed by atoms with Gasteiger partial charge in [-0.15, -0.1) is 0 Å². The third-order valence-electron chi connectivity index (χ3n) is 3.46. The molecule has 0 aliphatic rings. The van der Waals surface area contributed by atoms with Crippen molar-refractivity contribution in [1.82, 2.24) is 0 Å². The van der Waals surface area contributed by atoms with Gasteiger partial charge in [0.2, 0.25) is 11.2 Å². The van der Waals surface area contributed by atoms with Gasteiger partial charge in [-0.25, -0.2) is 0 Å².